The van der Waals surface area contributed by atoms with E-state index < -0.39 is 40.9 Å². The van der Waals surface area contributed by atoms with Crippen LogP contribution in [-0.2, 0) is 19.9 Å². The van der Waals surface area contributed by atoms with Crippen molar-refractivity contribution in [3.8, 4) is 0 Å². The van der Waals surface area contributed by atoms with Crippen molar-refractivity contribution in [2.45, 2.75) is 18.9 Å². The molecule has 1 aliphatic rings. The lowest BCUT2D eigenvalue weighted by Gasteiger charge is -2.29. The third kappa shape index (κ3) is 3.77. The molecule has 1 aliphatic heterocycles. The number of hydrogen-bond donors (Lipinski definition) is 2. The Labute approximate surface area is 143 Å². The largest absolute Gasteiger partial charge is 0.330 e. The molecule has 0 saturated carbocycles. The van der Waals surface area contributed by atoms with Crippen molar-refractivity contribution in [3.05, 3.63) is 35.6 Å². The molecule has 0 aliphatic carbocycles. The summed E-state index contributed by atoms with van der Waals surface area (Å²) in [6, 6.07) is 4.54. The first-order valence-corrected chi connectivity index (χ1v) is 6.83. The van der Waals surface area contributed by atoms with Crippen molar-refractivity contribution in [2.75, 3.05) is 7.05 Å². The van der Waals surface area contributed by atoms with E-state index in [0.29, 0.717) is 10.5 Å². The Hall–Kier alpha value is -2.32. The van der Waals surface area contributed by atoms with Gasteiger partial charge in [-0.05, 0) is 24.6 Å². The van der Waals surface area contributed by atoms with Gasteiger partial charge in [0.05, 0.1) is 0 Å². The highest BCUT2D eigenvalue weighted by molar-refractivity contribution is 6.26. The zero-order valence-electron chi connectivity index (χ0n) is 13.0. The lowest BCUT2D eigenvalue weighted by atomic mass is 9.83. The first kappa shape index (κ1) is 19.7. The van der Waals surface area contributed by atoms with E-state index in [4.69, 9.17) is 5.73 Å². The number of halogens is 2. The van der Waals surface area contributed by atoms with Gasteiger partial charge in [-0.25, -0.2) is 9.18 Å². The smallest absolute Gasteiger partial charge is 0.321 e. The van der Waals surface area contributed by atoms with Crippen molar-refractivity contribution in [2.24, 2.45) is 11.7 Å². The maximum absolute atomic E-state index is 13.3. The van der Waals surface area contributed by atoms with Gasteiger partial charge in [0, 0.05) is 19.0 Å². The number of nitrogens with zero attached hydrogens (tertiary/aromatic N) is 1. The second-order valence-corrected chi connectivity index (χ2v) is 5.70. The van der Waals surface area contributed by atoms with E-state index in [0.717, 1.165) is 0 Å². The zero-order valence-corrected chi connectivity index (χ0v) is 13.9. The van der Waals surface area contributed by atoms with Crippen LogP contribution in [0.2, 0.25) is 0 Å². The summed E-state index contributed by atoms with van der Waals surface area (Å²) in [5, 5.41) is 1.93. The number of barbiturate groups is 1. The third-order valence-corrected chi connectivity index (χ3v) is 3.72. The van der Waals surface area contributed by atoms with Gasteiger partial charge in [0.15, 0.2) is 11.7 Å². The first-order chi connectivity index (χ1) is 10.6. The first-order valence-electron chi connectivity index (χ1n) is 6.83. The highest BCUT2D eigenvalue weighted by Gasteiger charge is 2.44. The summed E-state index contributed by atoms with van der Waals surface area (Å²) in [5.41, 5.74) is 5.15. The molecule has 130 valence electrons. The molecule has 1 heterocycles. The van der Waals surface area contributed by atoms with Crippen molar-refractivity contribution in [3.63, 3.8) is 0 Å². The van der Waals surface area contributed by atoms with E-state index >= 15 is 0 Å². The molecule has 4 amide bonds. The van der Waals surface area contributed by atoms with Gasteiger partial charge in [0.25, 0.3) is 5.91 Å². The molecule has 3 N–H and O–H groups in total. The lowest BCUT2D eigenvalue weighted by Crippen LogP contribution is -2.59. The number of Topliss-reactive ketones (excluding diaryl/α,β-unsaturated/α-hetero) is 1. The van der Waals surface area contributed by atoms with Gasteiger partial charge < -0.3 is 5.73 Å². The number of nitrogens with one attached hydrogen (secondary N) is 1. The van der Waals surface area contributed by atoms with E-state index in [-0.39, 0.29) is 18.8 Å². The van der Waals surface area contributed by atoms with Crippen molar-refractivity contribution >= 4 is 36.0 Å². The summed E-state index contributed by atoms with van der Waals surface area (Å²) in [6.45, 7) is 1.50. The van der Waals surface area contributed by atoms with Crippen LogP contribution >= 0.6 is 12.4 Å². The Morgan fingerprint density at radius 2 is 2.00 bits per heavy atom. The summed E-state index contributed by atoms with van der Waals surface area (Å²) < 4.78 is 13.3. The Morgan fingerprint density at radius 3 is 2.58 bits per heavy atom. The number of imide groups is 2. The average molecular weight is 358 g/mol. The number of nitrogens with two attached hydrogens (primary N) is 1. The van der Waals surface area contributed by atoms with Crippen LogP contribution in [0.1, 0.15) is 18.9 Å². The van der Waals surface area contributed by atoms with Crippen molar-refractivity contribution in [1.82, 2.24) is 10.2 Å². The zero-order chi connectivity index (χ0) is 17.4. The van der Waals surface area contributed by atoms with E-state index in [9.17, 15) is 23.6 Å². The van der Waals surface area contributed by atoms with Crippen LogP contribution in [0.3, 0.4) is 0 Å². The van der Waals surface area contributed by atoms with E-state index in [2.05, 4.69) is 0 Å². The molecule has 2 atom stereocenters. The van der Waals surface area contributed by atoms with Gasteiger partial charge in [-0.3, -0.25) is 24.6 Å². The third-order valence-electron chi connectivity index (χ3n) is 3.72. The molecule has 24 heavy (non-hydrogen) atoms. The molecule has 2 unspecified atom stereocenters. The van der Waals surface area contributed by atoms with Crippen LogP contribution in [0.4, 0.5) is 9.18 Å². The molecule has 1 fully saturated rings. The lowest BCUT2D eigenvalue weighted by molar-refractivity contribution is -0.147. The Kier molecular flexibility index (Phi) is 5.80. The monoisotopic (exact) mass is 357 g/mol. The van der Waals surface area contributed by atoms with Crippen LogP contribution in [0.5, 0.6) is 0 Å². The number of carbonyl (C=O) groups excluding carboxylic acids is 4. The quantitative estimate of drug-likeness (QED) is 0.771. The normalized spacial score (nSPS) is 20.1. The predicted octanol–water partition coefficient (Wildman–Crippen LogP) is 0.705. The van der Waals surface area contributed by atoms with Gasteiger partial charge in [0.2, 0.25) is 5.91 Å². The Bertz CT molecular complexity index is 708. The summed E-state index contributed by atoms with van der Waals surface area (Å²) in [6.07, 6.45) is -0.359. The minimum Gasteiger partial charge on any atom is -0.321 e. The van der Waals surface area contributed by atoms with Gasteiger partial charge in [-0.1, -0.05) is 12.1 Å². The van der Waals surface area contributed by atoms with Gasteiger partial charge in [-0.15, -0.1) is 12.4 Å². The highest BCUT2D eigenvalue weighted by Crippen LogP contribution is 2.25. The fourth-order valence-electron chi connectivity index (χ4n) is 2.36. The van der Waals surface area contributed by atoms with E-state index in [1.54, 1.807) is 6.07 Å². The average Bonchev–Trinajstić information content (AvgIpc) is 2.44. The topological polar surface area (TPSA) is 110 Å². The highest BCUT2D eigenvalue weighted by atomic mass is 35.5. The van der Waals surface area contributed by atoms with Crippen LogP contribution < -0.4 is 11.1 Å². The second-order valence-electron chi connectivity index (χ2n) is 5.70. The Morgan fingerprint density at radius 1 is 1.38 bits per heavy atom. The summed E-state index contributed by atoms with van der Waals surface area (Å²) in [5.74, 6) is -4.75. The minimum atomic E-state index is -1.63. The number of rotatable bonds is 4. The number of amides is 4. The number of ketones is 1. The maximum atomic E-state index is 13.3. The predicted molar refractivity (Wildman–Crippen MR) is 84.6 cm³/mol. The summed E-state index contributed by atoms with van der Waals surface area (Å²) in [7, 11) is 1.17. The van der Waals surface area contributed by atoms with Crippen molar-refractivity contribution < 1.29 is 23.6 Å². The number of carbonyl (C=O) groups is 4. The van der Waals surface area contributed by atoms with Crippen molar-refractivity contribution in [1.29, 1.82) is 0 Å². The van der Waals surface area contributed by atoms with Gasteiger partial charge in [-0.2, -0.15) is 0 Å². The van der Waals surface area contributed by atoms with E-state index in [1.807, 2.05) is 5.32 Å². The SMILES string of the molecule is CN1C(=O)NC(=O)C(C(=O)CC(C)(N)c2cccc(F)c2)C1=O.Cl. The standard InChI is InChI=1S/C15H16FN3O4.ClH/c1-15(17,8-4-3-5-9(16)6-8)7-10(20)11-12(21)18-14(23)19(2)13(11)22;/h3-6,11H,7,17H2,1-2H3,(H,18,21,23);1H. The second kappa shape index (κ2) is 7.06. The molecule has 0 spiro atoms. The number of urea groups is 1. The summed E-state index contributed by atoms with van der Waals surface area (Å²) >= 11 is 0. The molecule has 1 aromatic carbocycles. The maximum Gasteiger partial charge on any atom is 0.330 e. The number of hydrogen-bond acceptors (Lipinski definition) is 5. The minimum absolute atomic E-state index is 0. The molecule has 0 bridgehead atoms. The van der Waals surface area contributed by atoms with Gasteiger partial charge >= 0.3 is 6.03 Å². The molecular weight excluding hydrogens is 341 g/mol. The van der Waals surface area contributed by atoms with Gasteiger partial charge in [0.1, 0.15) is 5.82 Å². The van der Waals surface area contributed by atoms with Crippen LogP contribution in [-0.4, -0.2) is 35.6 Å². The molecular formula is C15H17ClFN3O4. The van der Waals surface area contributed by atoms with Crippen LogP contribution in [0.15, 0.2) is 24.3 Å². The van der Waals surface area contributed by atoms with E-state index in [1.165, 1.54) is 32.2 Å². The fraction of sp³-hybridized carbons (Fsp3) is 0.333. The summed E-state index contributed by atoms with van der Waals surface area (Å²) in [4.78, 5) is 48.1. The molecule has 7 nitrogen and oxygen atoms in total. The molecule has 9 heteroatoms. The van der Waals surface area contributed by atoms with Crippen LogP contribution in [0.25, 0.3) is 0 Å². The molecule has 2 rings (SSSR count). The molecule has 1 aromatic rings. The molecule has 0 radical (unpaired) electrons. The Balaban J connectivity index is 0.00000288. The number of benzene rings is 1. The molecule has 1 saturated heterocycles. The molecule has 0 aromatic heterocycles. The van der Waals surface area contributed by atoms with Crippen LogP contribution in [0, 0.1) is 11.7 Å². The fourth-order valence-corrected chi connectivity index (χ4v) is 2.36.